The van der Waals surface area contributed by atoms with Crippen molar-refractivity contribution < 1.29 is 4.74 Å². The Morgan fingerprint density at radius 3 is 2.88 bits per heavy atom. The normalized spacial score (nSPS) is 30.5. The molecule has 0 bridgehead atoms. The van der Waals surface area contributed by atoms with Crippen LogP contribution in [0.3, 0.4) is 0 Å². The van der Waals surface area contributed by atoms with Gasteiger partial charge in [-0.1, -0.05) is 6.92 Å². The second-order valence-electron chi connectivity index (χ2n) is 5.23. The van der Waals surface area contributed by atoms with Crippen molar-refractivity contribution in [1.82, 2.24) is 10.6 Å². The lowest BCUT2D eigenvalue weighted by atomic mass is 9.90. The quantitative estimate of drug-likeness (QED) is 0.557. The van der Waals surface area contributed by atoms with Gasteiger partial charge in [0.05, 0.1) is 13.2 Å². The largest absolute Gasteiger partial charge is 0.381 e. The van der Waals surface area contributed by atoms with Crippen molar-refractivity contribution in [3.63, 3.8) is 0 Å². The molecule has 0 aromatic heterocycles. The Morgan fingerprint density at radius 2 is 2.31 bits per heavy atom. The lowest BCUT2D eigenvalue weighted by Gasteiger charge is -2.20. The Hall–Kier alpha value is -0.770. The molecule has 0 aromatic carbocycles. The Morgan fingerprint density at radius 1 is 1.50 bits per heavy atom. The summed E-state index contributed by atoms with van der Waals surface area (Å²) in [6, 6.07) is 0.658. The standard InChI is InChI=1S/C12H23N3O/c1-3-13-11(15-10-4-5-10)14-8-12(2)6-7-16-9-12/h10H,3-9H2,1-2H3,(H2,13,14,15). The number of aliphatic imine (C=N–C) groups is 1. The third-order valence-corrected chi connectivity index (χ3v) is 3.18. The van der Waals surface area contributed by atoms with Crippen LogP contribution in [0.15, 0.2) is 4.99 Å². The summed E-state index contributed by atoms with van der Waals surface area (Å²) in [6.07, 6.45) is 3.69. The van der Waals surface area contributed by atoms with Gasteiger partial charge in [-0.15, -0.1) is 0 Å². The van der Waals surface area contributed by atoms with Crippen LogP contribution in [0.2, 0.25) is 0 Å². The monoisotopic (exact) mass is 225 g/mol. The van der Waals surface area contributed by atoms with Crippen molar-refractivity contribution in [1.29, 1.82) is 0 Å². The lowest BCUT2D eigenvalue weighted by Crippen LogP contribution is -2.39. The van der Waals surface area contributed by atoms with Crippen LogP contribution in [0.25, 0.3) is 0 Å². The van der Waals surface area contributed by atoms with Crippen LogP contribution in [-0.2, 0) is 4.74 Å². The van der Waals surface area contributed by atoms with Gasteiger partial charge < -0.3 is 15.4 Å². The van der Waals surface area contributed by atoms with E-state index >= 15 is 0 Å². The first-order valence-corrected chi connectivity index (χ1v) is 6.34. The Bertz CT molecular complexity index is 255. The van der Waals surface area contributed by atoms with E-state index in [0.717, 1.165) is 38.7 Å². The molecule has 2 aliphatic rings. The van der Waals surface area contributed by atoms with Gasteiger partial charge in [0.15, 0.2) is 5.96 Å². The highest BCUT2D eigenvalue weighted by atomic mass is 16.5. The number of ether oxygens (including phenoxy) is 1. The zero-order chi connectivity index (χ0) is 11.4. The van der Waals surface area contributed by atoms with Crippen molar-refractivity contribution in [2.75, 3.05) is 26.3 Å². The molecule has 92 valence electrons. The number of rotatable bonds is 4. The molecule has 0 amide bonds. The molecule has 1 heterocycles. The smallest absolute Gasteiger partial charge is 0.191 e. The maximum absolute atomic E-state index is 5.44. The second-order valence-corrected chi connectivity index (χ2v) is 5.23. The minimum Gasteiger partial charge on any atom is -0.381 e. The van der Waals surface area contributed by atoms with E-state index in [4.69, 9.17) is 4.74 Å². The van der Waals surface area contributed by atoms with Crippen LogP contribution >= 0.6 is 0 Å². The third-order valence-electron chi connectivity index (χ3n) is 3.18. The Balaban J connectivity index is 1.84. The number of guanidine groups is 1. The van der Waals surface area contributed by atoms with Crippen LogP contribution in [-0.4, -0.2) is 38.3 Å². The molecule has 2 rings (SSSR count). The van der Waals surface area contributed by atoms with Gasteiger partial charge in [0, 0.05) is 24.6 Å². The van der Waals surface area contributed by atoms with Gasteiger partial charge in [0.25, 0.3) is 0 Å². The molecule has 1 unspecified atom stereocenters. The van der Waals surface area contributed by atoms with Crippen molar-refractivity contribution in [2.45, 2.75) is 39.2 Å². The van der Waals surface area contributed by atoms with E-state index in [1.807, 2.05) is 0 Å². The summed E-state index contributed by atoms with van der Waals surface area (Å²) in [6.45, 7) is 7.87. The number of hydrogen-bond acceptors (Lipinski definition) is 2. The van der Waals surface area contributed by atoms with Crippen LogP contribution in [0.5, 0.6) is 0 Å². The fourth-order valence-electron chi connectivity index (χ4n) is 1.84. The summed E-state index contributed by atoms with van der Waals surface area (Å²) in [7, 11) is 0. The fraction of sp³-hybridized carbons (Fsp3) is 0.917. The molecule has 1 saturated carbocycles. The summed E-state index contributed by atoms with van der Waals surface area (Å²) in [4.78, 5) is 4.66. The average Bonchev–Trinajstić information content (AvgIpc) is 2.97. The summed E-state index contributed by atoms with van der Waals surface area (Å²) in [5, 5.41) is 6.72. The van der Waals surface area contributed by atoms with E-state index in [1.165, 1.54) is 12.8 Å². The first-order valence-electron chi connectivity index (χ1n) is 6.34. The van der Waals surface area contributed by atoms with Gasteiger partial charge in [-0.05, 0) is 26.2 Å². The topological polar surface area (TPSA) is 45.7 Å². The van der Waals surface area contributed by atoms with Crippen molar-refractivity contribution >= 4 is 5.96 Å². The zero-order valence-electron chi connectivity index (χ0n) is 10.4. The second kappa shape index (κ2) is 5.04. The average molecular weight is 225 g/mol. The van der Waals surface area contributed by atoms with Crippen molar-refractivity contribution in [2.24, 2.45) is 10.4 Å². The summed E-state index contributed by atoms with van der Waals surface area (Å²) in [5.41, 5.74) is 0.242. The molecule has 1 aliphatic heterocycles. The first kappa shape index (κ1) is 11.7. The maximum Gasteiger partial charge on any atom is 0.191 e. The molecule has 4 nitrogen and oxygen atoms in total. The molecule has 0 spiro atoms. The van der Waals surface area contributed by atoms with E-state index in [0.29, 0.717) is 6.04 Å². The molecule has 1 atom stereocenters. The zero-order valence-corrected chi connectivity index (χ0v) is 10.4. The SMILES string of the molecule is CCNC(=NCC1(C)CCOC1)NC1CC1. The van der Waals surface area contributed by atoms with E-state index in [1.54, 1.807) is 0 Å². The maximum atomic E-state index is 5.44. The highest BCUT2D eigenvalue weighted by Gasteiger charge is 2.30. The molecule has 16 heavy (non-hydrogen) atoms. The summed E-state index contributed by atoms with van der Waals surface area (Å²) in [5.74, 6) is 0.970. The van der Waals surface area contributed by atoms with E-state index in [-0.39, 0.29) is 5.41 Å². The Kier molecular flexibility index (Phi) is 3.69. The summed E-state index contributed by atoms with van der Waals surface area (Å²) >= 11 is 0. The van der Waals surface area contributed by atoms with Gasteiger partial charge in [-0.3, -0.25) is 4.99 Å². The predicted octanol–water partition coefficient (Wildman–Crippen LogP) is 1.13. The van der Waals surface area contributed by atoms with Gasteiger partial charge in [-0.25, -0.2) is 0 Å². The number of hydrogen-bond donors (Lipinski definition) is 2. The van der Waals surface area contributed by atoms with Gasteiger partial charge >= 0.3 is 0 Å². The first-order chi connectivity index (χ1) is 7.72. The molecule has 2 N–H and O–H groups in total. The van der Waals surface area contributed by atoms with E-state index < -0.39 is 0 Å². The molecule has 0 aromatic rings. The highest BCUT2D eigenvalue weighted by Crippen LogP contribution is 2.27. The van der Waals surface area contributed by atoms with Gasteiger partial charge in [-0.2, -0.15) is 0 Å². The molecule has 4 heteroatoms. The number of nitrogens with one attached hydrogen (secondary N) is 2. The van der Waals surface area contributed by atoms with Crippen molar-refractivity contribution in [3.8, 4) is 0 Å². The van der Waals surface area contributed by atoms with Crippen LogP contribution < -0.4 is 10.6 Å². The van der Waals surface area contributed by atoms with Crippen molar-refractivity contribution in [3.05, 3.63) is 0 Å². The van der Waals surface area contributed by atoms with E-state index in [9.17, 15) is 0 Å². The summed E-state index contributed by atoms with van der Waals surface area (Å²) < 4.78 is 5.44. The third kappa shape index (κ3) is 3.37. The minimum absolute atomic E-state index is 0.242. The molecular weight excluding hydrogens is 202 g/mol. The van der Waals surface area contributed by atoms with Gasteiger partial charge in [0.1, 0.15) is 0 Å². The molecule has 0 radical (unpaired) electrons. The van der Waals surface area contributed by atoms with Crippen LogP contribution in [0, 0.1) is 5.41 Å². The predicted molar refractivity (Wildman–Crippen MR) is 65.7 cm³/mol. The highest BCUT2D eigenvalue weighted by molar-refractivity contribution is 5.80. The van der Waals surface area contributed by atoms with E-state index in [2.05, 4.69) is 29.5 Å². The van der Waals surface area contributed by atoms with Crippen LogP contribution in [0.1, 0.15) is 33.1 Å². The van der Waals surface area contributed by atoms with Crippen LogP contribution in [0.4, 0.5) is 0 Å². The Labute approximate surface area is 97.9 Å². The minimum atomic E-state index is 0.242. The lowest BCUT2D eigenvalue weighted by molar-refractivity contribution is 0.163. The van der Waals surface area contributed by atoms with Gasteiger partial charge in [0.2, 0.25) is 0 Å². The molecule has 1 aliphatic carbocycles. The molecule has 1 saturated heterocycles. The molecular formula is C12H23N3O. The fourth-order valence-corrected chi connectivity index (χ4v) is 1.84. The molecule has 2 fully saturated rings. The number of nitrogens with zero attached hydrogens (tertiary/aromatic N) is 1.